The number of fused-ring (bicyclic) bond motifs is 1. The van der Waals surface area contributed by atoms with Crippen molar-refractivity contribution in [2.24, 2.45) is 0 Å². The number of aromatic nitrogens is 2. The standard InChI is InChI=1S/C19H13N3O3S/c23-17-9-6-12(11-20-17)18(24)22-19-21-15-8-7-14(10-16(15)26-19)25-13-4-2-1-3-5-13/h1-11H,(H,20,23)(H,21,22,24). The summed E-state index contributed by atoms with van der Waals surface area (Å²) in [5.41, 5.74) is 0.872. The van der Waals surface area contributed by atoms with Gasteiger partial charge in [-0.3, -0.25) is 14.9 Å². The number of rotatable bonds is 4. The number of aromatic amines is 1. The Labute approximate surface area is 152 Å². The Morgan fingerprint density at radius 1 is 1.04 bits per heavy atom. The summed E-state index contributed by atoms with van der Waals surface area (Å²) in [6.07, 6.45) is 1.37. The number of carbonyl (C=O) groups excluding carboxylic acids is 1. The second-order valence-corrected chi connectivity index (χ2v) is 6.49. The molecule has 1 amide bonds. The van der Waals surface area contributed by atoms with Crippen molar-refractivity contribution in [3.8, 4) is 11.5 Å². The predicted octanol–water partition coefficient (Wildman–Crippen LogP) is 4.03. The minimum atomic E-state index is -0.332. The highest BCUT2D eigenvalue weighted by atomic mass is 32.1. The Morgan fingerprint density at radius 3 is 2.65 bits per heavy atom. The molecule has 2 aromatic carbocycles. The number of hydrogen-bond acceptors (Lipinski definition) is 5. The van der Waals surface area contributed by atoms with Crippen LogP contribution < -0.4 is 15.6 Å². The van der Waals surface area contributed by atoms with E-state index in [1.807, 2.05) is 48.5 Å². The van der Waals surface area contributed by atoms with Gasteiger partial charge in [-0.1, -0.05) is 29.5 Å². The number of para-hydroxylation sites is 1. The molecule has 0 aliphatic carbocycles. The highest BCUT2D eigenvalue weighted by Crippen LogP contribution is 2.31. The molecule has 0 radical (unpaired) electrons. The third-order valence-corrected chi connectivity index (χ3v) is 4.54. The van der Waals surface area contributed by atoms with Crippen molar-refractivity contribution in [2.75, 3.05) is 5.32 Å². The fourth-order valence-corrected chi connectivity index (χ4v) is 3.26. The number of H-pyrrole nitrogens is 1. The number of carbonyl (C=O) groups is 1. The Bertz CT molecular complexity index is 1120. The minimum Gasteiger partial charge on any atom is -0.457 e. The van der Waals surface area contributed by atoms with E-state index in [1.54, 1.807) is 0 Å². The molecule has 0 spiro atoms. The van der Waals surface area contributed by atoms with Crippen molar-refractivity contribution in [1.82, 2.24) is 9.97 Å². The van der Waals surface area contributed by atoms with Crippen LogP contribution in [0.3, 0.4) is 0 Å². The largest absolute Gasteiger partial charge is 0.457 e. The van der Waals surface area contributed by atoms with Crippen molar-refractivity contribution >= 4 is 32.6 Å². The fourth-order valence-electron chi connectivity index (χ4n) is 2.37. The van der Waals surface area contributed by atoms with Crippen LogP contribution in [0.15, 0.2) is 71.7 Å². The van der Waals surface area contributed by atoms with Crippen LogP contribution in [0, 0.1) is 0 Å². The molecule has 4 aromatic rings. The van der Waals surface area contributed by atoms with Gasteiger partial charge in [0.2, 0.25) is 5.56 Å². The molecule has 6 nitrogen and oxygen atoms in total. The summed E-state index contributed by atoms with van der Waals surface area (Å²) in [5, 5.41) is 3.22. The highest BCUT2D eigenvalue weighted by molar-refractivity contribution is 7.22. The van der Waals surface area contributed by atoms with Gasteiger partial charge in [0, 0.05) is 18.3 Å². The molecule has 2 aromatic heterocycles. The number of anilines is 1. The lowest BCUT2D eigenvalue weighted by molar-refractivity contribution is 0.102. The number of hydrogen-bond donors (Lipinski definition) is 2. The molecule has 0 aliphatic rings. The van der Waals surface area contributed by atoms with E-state index in [4.69, 9.17) is 4.74 Å². The first-order valence-electron chi connectivity index (χ1n) is 7.81. The zero-order valence-corrected chi connectivity index (χ0v) is 14.2. The first kappa shape index (κ1) is 16.0. The van der Waals surface area contributed by atoms with Crippen LogP contribution >= 0.6 is 11.3 Å². The molecule has 0 fully saturated rings. The maximum atomic E-state index is 12.2. The summed E-state index contributed by atoms with van der Waals surface area (Å²) in [5.74, 6) is 1.12. The Hall–Kier alpha value is -3.45. The Kier molecular flexibility index (Phi) is 4.20. The summed E-state index contributed by atoms with van der Waals surface area (Å²) in [6, 6.07) is 17.8. The van der Waals surface area contributed by atoms with Gasteiger partial charge in [0.25, 0.3) is 5.91 Å². The molecule has 26 heavy (non-hydrogen) atoms. The molecule has 0 bridgehead atoms. The number of pyridine rings is 1. The molecular weight excluding hydrogens is 350 g/mol. The van der Waals surface area contributed by atoms with E-state index in [1.165, 1.54) is 29.7 Å². The molecule has 0 aliphatic heterocycles. The molecule has 0 saturated heterocycles. The lowest BCUT2D eigenvalue weighted by atomic mass is 10.3. The van der Waals surface area contributed by atoms with E-state index in [2.05, 4.69) is 15.3 Å². The van der Waals surface area contributed by atoms with Crippen LogP contribution in [0.5, 0.6) is 11.5 Å². The quantitative estimate of drug-likeness (QED) is 0.573. The van der Waals surface area contributed by atoms with Crippen LogP contribution in [-0.4, -0.2) is 15.9 Å². The third-order valence-electron chi connectivity index (χ3n) is 3.61. The zero-order valence-electron chi connectivity index (χ0n) is 13.4. The molecule has 0 unspecified atom stereocenters. The third kappa shape index (κ3) is 3.47. The number of nitrogens with zero attached hydrogens (tertiary/aromatic N) is 1. The number of benzene rings is 2. The molecule has 2 N–H and O–H groups in total. The highest BCUT2D eigenvalue weighted by Gasteiger charge is 2.11. The topological polar surface area (TPSA) is 84.1 Å². The maximum absolute atomic E-state index is 12.2. The van der Waals surface area contributed by atoms with Crippen LogP contribution in [0.4, 0.5) is 5.13 Å². The molecule has 0 atom stereocenters. The smallest absolute Gasteiger partial charge is 0.258 e. The van der Waals surface area contributed by atoms with Gasteiger partial charge in [-0.25, -0.2) is 4.98 Å². The number of amides is 1. The molecule has 4 rings (SSSR count). The predicted molar refractivity (Wildman–Crippen MR) is 101 cm³/mol. The number of thiazole rings is 1. The fraction of sp³-hybridized carbons (Fsp3) is 0. The Morgan fingerprint density at radius 2 is 1.88 bits per heavy atom. The van der Waals surface area contributed by atoms with Crippen LogP contribution in [0.1, 0.15) is 10.4 Å². The first-order valence-corrected chi connectivity index (χ1v) is 8.63. The van der Waals surface area contributed by atoms with Crippen LogP contribution in [-0.2, 0) is 0 Å². The lowest BCUT2D eigenvalue weighted by Crippen LogP contribution is -2.14. The van der Waals surface area contributed by atoms with Crippen molar-refractivity contribution < 1.29 is 9.53 Å². The molecule has 7 heteroatoms. The van der Waals surface area contributed by atoms with E-state index >= 15 is 0 Å². The van der Waals surface area contributed by atoms with E-state index in [9.17, 15) is 9.59 Å². The maximum Gasteiger partial charge on any atom is 0.258 e. The van der Waals surface area contributed by atoms with E-state index in [0.29, 0.717) is 16.4 Å². The van der Waals surface area contributed by atoms with Crippen LogP contribution in [0.2, 0.25) is 0 Å². The van der Waals surface area contributed by atoms with Gasteiger partial charge in [-0.05, 0) is 30.3 Å². The lowest BCUT2D eigenvalue weighted by Gasteiger charge is -2.04. The molecule has 2 heterocycles. The minimum absolute atomic E-state index is 0.257. The zero-order chi connectivity index (χ0) is 17.9. The number of nitrogens with one attached hydrogen (secondary N) is 2. The molecule has 128 valence electrons. The normalized spacial score (nSPS) is 10.6. The van der Waals surface area contributed by atoms with Crippen molar-refractivity contribution in [2.45, 2.75) is 0 Å². The SMILES string of the molecule is O=C(Nc1nc2ccc(Oc3ccccc3)cc2s1)c1ccc(=O)[nH]c1. The van der Waals surface area contributed by atoms with Gasteiger partial charge in [-0.15, -0.1) is 0 Å². The summed E-state index contributed by atoms with van der Waals surface area (Å²) in [4.78, 5) is 30.2. The molecular formula is C19H13N3O3S. The van der Waals surface area contributed by atoms with Gasteiger partial charge in [-0.2, -0.15) is 0 Å². The van der Waals surface area contributed by atoms with Gasteiger partial charge in [0.1, 0.15) is 11.5 Å². The average molecular weight is 363 g/mol. The van der Waals surface area contributed by atoms with Crippen molar-refractivity contribution in [3.63, 3.8) is 0 Å². The van der Waals surface area contributed by atoms with Crippen molar-refractivity contribution in [3.05, 3.63) is 82.8 Å². The molecule has 0 saturated carbocycles. The second-order valence-electron chi connectivity index (χ2n) is 5.46. The number of ether oxygens (including phenoxy) is 1. The van der Waals surface area contributed by atoms with Crippen molar-refractivity contribution in [1.29, 1.82) is 0 Å². The van der Waals surface area contributed by atoms with Crippen LogP contribution in [0.25, 0.3) is 10.2 Å². The Balaban J connectivity index is 1.54. The van der Waals surface area contributed by atoms with E-state index in [-0.39, 0.29) is 11.5 Å². The van der Waals surface area contributed by atoms with Gasteiger partial charge in [0.15, 0.2) is 5.13 Å². The second kappa shape index (κ2) is 6.81. The van der Waals surface area contributed by atoms with Gasteiger partial charge in [0.05, 0.1) is 15.8 Å². The van der Waals surface area contributed by atoms with Gasteiger partial charge < -0.3 is 9.72 Å². The summed E-state index contributed by atoms with van der Waals surface area (Å²) >= 11 is 1.35. The monoisotopic (exact) mass is 363 g/mol. The average Bonchev–Trinajstić information content (AvgIpc) is 3.04. The van der Waals surface area contributed by atoms with E-state index < -0.39 is 0 Å². The summed E-state index contributed by atoms with van der Waals surface area (Å²) in [6.45, 7) is 0. The first-order chi connectivity index (χ1) is 12.7. The summed E-state index contributed by atoms with van der Waals surface area (Å²) in [7, 11) is 0. The van der Waals surface area contributed by atoms with E-state index in [0.717, 1.165) is 16.0 Å². The van der Waals surface area contributed by atoms with Gasteiger partial charge >= 0.3 is 0 Å². The summed E-state index contributed by atoms with van der Waals surface area (Å²) < 4.78 is 6.71.